The third-order valence-electron chi connectivity index (χ3n) is 4.15. The van der Waals surface area contributed by atoms with Crippen LogP contribution in [-0.2, 0) is 14.8 Å². The van der Waals surface area contributed by atoms with Gasteiger partial charge in [-0.3, -0.25) is 0 Å². The second kappa shape index (κ2) is 6.31. The van der Waals surface area contributed by atoms with Gasteiger partial charge in [0.2, 0.25) is 10.0 Å². The quantitative estimate of drug-likeness (QED) is 0.761. The Morgan fingerprint density at radius 1 is 1.48 bits per heavy atom. The molecule has 0 aromatic carbocycles. The van der Waals surface area contributed by atoms with Crippen LogP contribution in [0.5, 0.6) is 0 Å². The van der Waals surface area contributed by atoms with Gasteiger partial charge in [0.15, 0.2) is 5.65 Å². The molecule has 132 valence electrons. The summed E-state index contributed by atoms with van der Waals surface area (Å²) in [6.45, 7) is 3.61. The summed E-state index contributed by atoms with van der Waals surface area (Å²) in [7, 11) is -3.76. The van der Waals surface area contributed by atoms with E-state index < -0.39 is 20.7 Å². The van der Waals surface area contributed by atoms with E-state index in [1.807, 2.05) is 0 Å². The maximum absolute atomic E-state index is 13.1. The van der Waals surface area contributed by atoms with Gasteiger partial charge < -0.3 is 4.74 Å². The van der Waals surface area contributed by atoms with Crippen LogP contribution in [0.3, 0.4) is 0 Å². The molecule has 1 atom stereocenters. The van der Waals surface area contributed by atoms with E-state index in [1.165, 1.54) is 12.4 Å². The molecule has 2 aromatic heterocycles. The molecule has 8 heteroatoms. The van der Waals surface area contributed by atoms with Crippen molar-refractivity contribution in [1.29, 1.82) is 0 Å². The Bertz CT molecular complexity index is 1010. The van der Waals surface area contributed by atoms with Crippen molar-refractivity contribution in [2.45, 2.75) is 25.0 Å². The van der Waals surface area contributed by atoms with Crippen LogP contribution >= 0.6 is 11.6 Å². The molecule has 2 heterocycles. The van der Waals surface area contributed by atoms with Gasteiger partial charge in [-0.1, -0.05) is 23.8 Å². The molecule has 25 heavy (non-hydrogen) atoms. The molecule has 2 aromatic rings. The second-order valence-corrected chi connectivity index (χ2v) is 8.63. The van der Waals surface area contributed by atoms with E-state index in [2.05, 4.69) is 4.98 Å². The fourth-order valence-electron chi connectivity index (χ4n) is 2.63. The predicted molar refractivity (Wildman–Crippen MR) is 96.1 cm³/mol. The number of carbonyl (C=O) groups is 1. The van der Waals surface area contributed by atoms with Crippen molar-refractivity contribution in [2.75, 3.05) is 6.61 Å². The molecule has 0 radical (unpaired) electrons. The number of hydrogen-bond acceptors (Lipinski definition) is 5. The number of hydrogen-bond donors (Lipinski definition) is 0. The molecule has 3 rings (SSSR count). The number of rotatable bonds is 4. The third kappa shape index (κ3) is 2.98. The number of allylic oxidation sites excluding steroid dienone is 3. The van der Waals surface area contributed by atoms with Gasteiger partial charge in [-0.15, -0.1) is 0 Å². The second-order valence-electron chi connectivity index (χ2n) is 5.91. The highest BCUT2D eigenvalue weighted by molar-refractivity contribution is 7.91. The number of carbonyl (C=O) groups excluding carboxylic acids is 1. The van der Waals surface area contributed by atoms with Crippen molar-refractivity contribution in [1.82, 2.24) is 8.96 Å². The van der Waals surface area contributed by atoms with Crippen LogP contribution in [0.4, 0.5) is 0 Å². The minimum atomic E-state index is -3.76. The van der Waals surface area contributed by atoms with E-state index in [9.17, 15) is 13.2 Å². The summed E-state index contributed by atoms with van der Waals surface area (Å²) in [5, 5.41) is 1.06. The highest BCUT2D eigenvalue weighted by Gasteiger charge is 2.39. The highest BCUT2D eigenvalue weighted by atomic mass is 35.5. The summed E-state index contributed by atoms with van der Waals surface area (Å²) in [4.78, 5) is 16.0. The van der Waals surface area contributed by atoms with Crippen LogP contribution in [0.25, 0.3) is 11.0 Å². The molecule has 1 aliphatic rings. The van der Waals surface area contributed by atoms with Crippen molar-refractivity contribution in [3.05, 3.63) is 53.4 Å². The zero-order valence-corrected chi connectivity index (χ0v) is 15.3. The van der Waals surface area contributed by atoms with Crippen molar-refractivity contribution in [3.8, 4) is 0 Å². The van der Waals surface area contributed by atoms with Gasteiger partial charge >= 0.3 is 5.97 Å². The minimum absolute atomic E-state index is 0.257. The zero-order valence-electron chi connectivity index (χ0n) is 13.8. The lowest BCUT2D eigenvalue weighted by Crippen LogP contribution is -2.38. The van der Waals surface area contributed by atoms with Crippen LogP contribution in [0.1, 0.15) is 30.6 Å². The highest BCUT2D eigenvalue weighted by Crippen LogP contribution is 2.33. The number of ether oxygens (including phenoxy) is 1. The normalized spacial score (nSPS) is 20.5. The standard InChI is InChI=1S/C17H17ClN2O4S/c1-3-24-16(21)13-10-12-6-9-20(15(12)19-11-13)25(22,23)17(2)7-4-14(18)5-8-17/h4-7,9-11H,3,8H2,1-2H3. The van der Waals surface area contributed by atoms with Crippen molar-refractivity contribution in [2.24, 2.45) is 0 Å². The van der Waals surface area contributed by atoms with Gasteiger partial charge in [-0.05, 0) is 38.5 Å². The Hall–Kier alpha value is -2.12. The molecule has 0 aliphatic heterocycles. The summed E-state index contributed by atoms with van der Waals surface area (Å²) < 4.78 is 31.2. The molecule has 1 unspecified atom stereocenters. The topological polar surface area (TPSA) is 78.3 Å². The monoisotopic (exact) mass is 380 g/mol. The van der Waals surface area contributed by atoms with E-state index in [4.69, 9.17) is 16.3 Å². The fourth-order valence-corrected chi connectivity index (χ4v) is 4.35. The first-order valence-electron chi connectivity index (χ1n) is 7.73. The molecular weight excluding hydrogens is 364 g/mol. The summed E-state index contributed by atoms with van der Waals surface area (Å²) in [6.07, 6.45) is 7.88. The summed E-state index contributed by atoms with van der Waals surface area (Å²) in [5.41, 5.74) is 0.548. The van der Waals surface area contributed by atoms with Crippen molar-refractivity contribution in [3.63, 3.8) is 0 Å². The molecule has 0 spiro atoms. The number of fused-ring (bicyclic) bond motifs is 1. The van der Waals surface area contributed by atoms with Gasteiger partial charge in [-0.25, -0.2) is 22.2 Å². The number of halogens is 1. The van der Waals surface area contributed by atoms with Gasteiger partial charge in [0.25, 0.3) is 0 Å². The Labute approximate surface area is 150 Å². The van der Waals surface area contributed by atoms with Crippen LogP contribution < -0.4 is 0 Å². The molecular formula is C17H17ClN2O4S. The Morgan fingerprint density at radius 3 is 2.88 bits per heavy atom. The number of esters is 1. The molecule has 1 aliphatic carbocycles. The van der Waals surface area contributed by atoms with E-state index in [-0.39, 0.29) is 24.2 Å². The van der Waals surface area contributed by atoms with Crippen LogP contribution in [0.15, 0.2) is 47.8 Å². The molecule has 0 N–H and O–H groups in total. The fraction of sp³-hybridized carbons (Fsp3) is 0.294. The Kier molecular flexibility index (Phi) is 4.47. The average Bonchev–Trinajstić information content (AvgIpc) is 3.01. The van der Waals surface area contributed by atoms with E-state index in [1.54, 1.807) is 44.2 Å². The maximum atomic E-state index is 13.1. The lowest BCUT2D eigenvalue weighted by atomic mass is 10.0. The van der Waals surface area contributed by atoms with Crippen LogP contribution in [0, 0.1) is 0 Å². The SMILES string of the molecule is CCOC(=O)c1cnc2c(ccn2S(=O)(=O)C2(C)C=CC(Cl)=CC2)c1. The molecule has 0 bridgehead atoms. The first-order valence-corrected chi connectivity index (χ1v) is 9.54. The first-order chi connectivity index (χ1) is 11.8. The maximum Gasteiger partial charge on any atom is 0.339 e. The first kappa shape index (κ1) is 17.7. The summed E-state index contributed by atoms with van der Waals surface area (Å²) in [5.74, 6) is -0.491. The van der Waals surface area contributed by atoms with E-state index in [0.717, 1.165) is 3.97 Å². The molecule has 0 fully saturated rings. The Morgan fingerprint density at radius 2 is 2.24 bits per heavy atom. The largest absolute Gasteiger partial charge is 0.462 e. The van der Waals surface area contributed by atoms with Crippen LogP contribution in [0.2, 0.25) is 0 Å². The van der Waals surface area contributed by atoms with Gasteiger partial charge in [0.05, 0.1) is 12.2 Å². The third-order valence-corrected chi connectivity index (χ3v) is 6.72. The van der Waals surface area contributed by atoms with Crippen molar-refractivity contribution >= 4 is 38.6 Å². The summed E-state index contributed by atoms with van der Waals surface area (Å²) in [6, 6.07) is 3.18. The van der Waals surface area contributed by atoms with Gasteiger partial charge in [0, 0.05) is 22.8 Å². The summed E-state index contributed by atoms with van der Waals surface area (Å²) >= 11 is 5.90. The van der Waals surface area contributed by atoms with Crippen LogP contribution in [-0.4, -0.2) is 34.7 Å². The molecule has 0 saturated carbocycles. The minimum Gasteiger partial charge on any atom is -0.462 e. The van der Waals surface area contributed by atoms with E-state index in [0.29, 0.717) is 10.4 Å². The average molecular weight is 381 g/mol. The smallest absolute Gasteiger partial charge is 0.339 e. The predicted octanol–water partition coefficient (Wildman–Crippen LogP) is 3.23. The molecule has 6 nitrogen and oxygen atoms in total. The van der Waals surface area contributed by atoms with Crippen molar-refractivity contribution < 1.29 is 17.9 Å². The number of nitrogens with zero attached hydrogens (tertiary/aromatic N) is 2. The number of pyridine rings is 1. The lowest BCUT2D eigenvalue weighted by Gasteiger charge is -2.27. The van der Waals surface area contributed by atoms with E-state index >= 15 is 0 Å². The van der Waals surface area contributed by atoms with Gasteiger partial charge in [0.1, 0.15) is 4.75 Å². The number of aromatic nitrogens is 2. The lowest BCUT2D eigenvalue weighted by molar-refractivity contribution is 0.0526. The zero-order chi connectivity index (χ0) is 18.2. The molecule has 0 amide bonds. The van der Waals surface area contributed by atoms with Gasteiger partial charge in [-0.2, -0.15) is 0 Å². The molecule has 0 saturated heterocycles. The Balaban J connectivity index is 2.05.